The molecule has 0 fully saturated rings. The van der Waals surface area contributed by atoms with Crippen LogP contribution in [-0.4, -0.2) is 60.0 Å². The maximum Gasteiger partial charge on any atom is 0.416 e. The molecule has 3 rings (SSSR count). The first-order chi connectivity index (χ1) is 18.6. The van der Waals surface area contributed by atoms with E-state index in [1.807, 2.05) is 19.0 Å². The molecule has 0 bridgehead atoms. The Labute approximate surface area is 226 Å². The number of amides is 1. The first kappa shape index (κ1) is 30.8. The van der Waals surface area contributed by atoms with Crippen molar-refractivity contribution in [2.45, 2.75) is 32.2 Å². The van der Waals surface area contributed by atoms with Gasteiger partial charge in [0.25, 0.3) is 5.91 Å². The maximum absolute atomic E-state index is 13.7. The van der Waals surface area contributed by atoms with Crippen molar-refractivity contribution in [1.82, 2.24) is 19.8 Å². The largest absolute Gasteiger partial charge is 0.463 e. The quantitative estimate of drug-likeness (QED) is 0.225. The Balaban J connectivity index is 1.99. The van der Waals surface area contributed by atoms with Gasteiger partial charge in [0, 0.05) is 31.9 Å². The van der Waals surface area contributed by atoms with Crippen LogP contribution in [-0.2, 0) is 18.9 Å². The minimum Gasteiger partial charge on any atom is -0.463 e. The van der Waals surface area contributed by atoms with Crippen LogP contribution in [0.3, 0.4) is 0 Å². The van der Waals surface area contributed by atoms with Crippen LogP contribution in [0.5, 0.6) is 6.01 Å². The lowest BCUT2D eigenvalue weighted by Crippen LogP contribution is -2.28. The predicted octanol–water partition coefficient (Wildman–Crippen LogP) is 6.23. The van der Waals surface area contributed by atoms with Gasteiger partial charge in [-0.15, -0.1) is 0 Å². The Bertz CT molecular complexity index is 1330. The highest BCUT2D eigenvalue weighted by Crippen LogP contribution is 2.37. The van der Waals surface area contributed by atoms with E-state index >= 15 is 0 Å². The van der Waals surface area contributed by atoms with Crippen molar-refractivity contribution in [3.05, 3.63) is 76.4 Å². The highest BCUT2D eigenvalue weighted by atomic mass is 19.4. The predicted molar refractivity (Wildman–Crippen MR) is 133 cm³/mol. The van der Waals surface area contributed by atoms with Crippen LogP contribution in [0.15, 0.2) is 42.6 Å². The Morgan fingerprint density at radius 1 is 0.925 bits per heavy atom. The standard InChI is InChI=1S/C27H27F7N4O2/c1-16-10-20(28)6-7-21(16)22-14-35-25(40-9-5-8-37(2)3)36-23(22)24(39)38(4)15-17-11-18(26(29,30)31)13-19(12-17)27(32,33)34/h6-7,10-14H,5,8-9,15H2,1-4H3. The lowest BCUT2D eigenvalue weighted by Gasteiger charge is -2.21. The zero-order chi connectivity index (χ0) is 29.8. The summed E-state index contributed by atoms with van der Waals surface area (Å²) in [5.74, 6) is -1.33. The first-order valence-electron chi connectivity index (χ1n) is 12.0. The Morgan fingerprint density at radius 3 is 2.10 bits per heavy atom. The fourth-order valence-corrected chi connectivity index (χ4v) is 3.91. The van der Waals surface area contributed by atoms with Crippen LogP contribution in [0.1, 0.15) is 39.2 Å². The summed E-state index contributed by atoms with van der Waals surface area (Å²) in [5, 5.41) is 0. The minimum atomic E-state index is -5.03. The summed E-state index contributed by atoms with van der Waals surface area (Å²) in [6.07, 6.45) is -8.13. The Morgan fingerprint density at radius 2 is 1.55 bits per heavy atom. The molecule has 0 radical (unpaired) electrons. The minimum absolute atomic E-state index is 0.0189. The highest BCUT2D eigenvalue weighted by molar-refractivity contribution is 5.99. The highest BCUT2D eigenvalue weighted by Gasteiger charge is 2.37. The van der Waals surface area contributed by atoms with Gasteiger partial charge in [-0.3, -0.25) is 4.79 Å². The number of hydrogen-bond donors (Lipinski definition) is 0. The van der Waals surface area contributed by atoms with Gasteiger partial charge in [-0.05, 0) is 74.5 Å². The van der Waals surface area contributed by atoms with E-state index < -0.39 is 41.7 Å². The number of aromatic nitrogens is 2. The molecule has 216 valence electrons. The number of nitrogens with zero attached hydrogens (tertiary/aromatic N) is 4. The van der Waals surface area contributed by atoms with E-state index in [1.165, 1.54) is 31.4 Å². The maximum atomic E-state index is 13.7. The average Bonchev–Trinajstić information content (AvgIpc) is 2.85. The second-order valence-electron chi connectivity index (χ2n) is 9.45. The second-order valence-corrected chi connectivity index (χ2v) is 9.45. The lowest BCUT2D eigenvalue weighted by molar-refractivity contribution is -0.143. The molecular weight excluding hydrogens is 545 g/mol. The van der Waals surface area contributed by atoms with E-state index in [1.54, 1.807) is 6.92 Å². The third kappa shape index (κ3) is 7.90. The fraction of sp³-hybridized carbons (Fsp3) is 0.370. The van der Waals surface area contributed by atoms with E-state index in [9.17, 15) is 35.5 Å². The fourth-order valence-electron chi connectivity index (χ4n) is 3.91. The van der Waals surface area contributed by atoms with Gasteiger partial charge < -0.3 is 14.5 Å². The molecule has 13 heteroatoms. The molecule has 6 nitrogen and oxygen atoms in total. The molecule has 1 heterocycles. The van der Waals surface area contributed by atoms with Crippen molar-refractivity contribution >= 4 is 5.91 Å². The lowest BCUT2D eigenvalue weighted by atomic mass is 9.99. The molecule has 0 aliphatic rings. The van der Waals surface area contributed by atoms with Crippen LogP contribution in [0, 0.1) is 12.7 Å². The van der Waals surface area contributed by atoms with Gasteiger partial charge >= 0.3 is 18.4 Å². The van der Waals surface area contributed by atoms with Crippen LogP contribution < -0.4 is 4.74 Å². The molecule has 1 amide bonds. The molecule has 2 aromatic carbocycles. The molecule has 40 heavy (non-hydrogen) atoms. The topological polar surface area (TPSA) is 58.6 Å². The molecule has 0 aliphatic carbocycles. The summed E-state index contributed by atoms with van der Waals surface area (Å²) in [6, 6.07) is 4.82. The van der Waals surface area contributed by atoms with E-state index in [0.29, 0.717) is 36.2 Å². The summed E-state index contributed by atoms with van der Waals surface area (Å²) in [5.41, 5.74) is -2.52. The van der Waals surface area contributed by atoms with Crippen molar-refractivity contribution in [3.8, 4) is 17.1 Å². The molecule has 0 aliphatic heterocycles. The smallest absolute Gasteiger partial charge is 0.416 e. The van der Waals surface area contributed by atoms with Crippen LogP contribution in [0.4, 0.5) is 30.7 Å². The van der Waals surface area contributed by atoms with Gasteiger partial charge in [0.15, 0.2) is 0 Å². The average molecular weight is 573 g/mol. The number of hydrogen-bond acceptors (Lipinski definition) is 5. The number of halogens is 7. The number of rotatable bonds is 9. The van der Waals surface area contributed by atoms with Gasteiger partial charge in [-0.25, -0.2) is 9.37 Å². The zero-order valence-electron chi connectivity index (χ0n) is 22.1. The number of carbonyl (C=O) groups is 1. The van der Waals surface area contributed by atoms with Gasteiger partial charge in [-0.2, -0.15) is 31.3 Å². The third-order valence-corrected chi connectivity index (χ3v) is 5.84. The molecule has 0 saturated carbocycles. The van der Waals surface area contributed by atoms with Gasteiger partial charge in [0.2, 0.25) is 0 Å². The summed E-state index contributed by atoms with van der Waals surface area (Å²) < 4.78 is 99.2. The summed E-state index contributed by atoms with van der Waals surface area (Å²) in [7, 11) is 4.98. The van der Waals surface area contributed by atoms with Crippen molar-refractivity contribution in [2.24, 2.45) is 0 Å². The van der Waals surface area contributed by atoms with E-state index in [2.05, 4.69) is 9.97 Å². The second kappa shape index (κ2) is 12.2. The number of carbonyl (C=O) groups excluding carboxylic acids is 1. The van der Waals surface area contributed by atoms with E-state index in [4.69, 9.17) is 4.74 Å². The van der Waals surface area contributed by atoms with Gasteiger partial charge in [0.05, 0.1) is 17.7 Å². The van der Waals surface area contributed by atoms with Crippen LogP contribution in [0.2, 0.25) is 0 Å². The van der Waals surface area contributed by atoms with Crippen molar-refractivity contribution in [1.29, 1.82) is 0 Å². The number of aryl methyl sites for hydroxylation is 1. The molecule has 0 atom stereocenters. The number of benzene rings is 2. The number of alkyl halides is 6. The molecule has 3 aromatic rings. The Hall–Kier alpha value is -3.74. The summed E-state index contributed by atoms with van der Waals surface area (Å²) >= 11 is 0. The van der Waals surface area contributed by atoms with Crippen molar-refractivity contribution in [2.75, 3.05) is 34.3 Å². The van der Waals surface area contributed by atoms with Crippen molar-refractivity contribution in [3.63, 3.8) is 0 Å². The van der Waals surface area contributed by atoms with Crippen LogP contribution >= 0.6 is 0 Å². The van der Waals surface area contributed by atoms with E-state index in [0.717, 1.165) is 4.90 Å². The Kier molecular flexibility index (Phi) is 9.39. The molecular formula is C27H27F7N4O2. The van der Waals surface area contributed by atoms with Crippen molar-refractivity contribution < 1.29 is 40.3 Å². The normalized spacial score (nSPS) is 12.1. The summed E-state index contributed by atoms with van der Waals surface area (Å²) in [6.45, 7) is 1.94. The molecule has 0 saturated heterocycles. The first-order valence-corrected chi connectivity index (χ1v) is 12.0. The van der Waals surface area contributed by atoms with Crippen LogP contribution in [0.25, 0.3) is 11.1 Å². The monoisotopic (exact) mass is 572 g/mol. The zero-order valence-corrected chi connectivity index (χ0v) is 22.1. The molecule has 0 N–H and O–H groups in total. The molecule has 0 unspecified atom stereocenters. The molecule has 0 spiro atoms. The SMILES string of the molecule is Cc1cc(F)ccc1-c1cnc(OCCCN(C)C)nc1C(=O)N(C)Cc1cc(C(F)(F)F)cc(C(F)(F)F)c1. The van der Waals surface area contributed by atoms with E-state index in [-0.39, 0.29) is 35.5 Å². The number of ether oxygens (including phenoxy) is 1. The summed E-state index contributed by atoms with van der Waals surface area (Å²) in [4.78, 5) is 24.7. The third-order valence-electron chi connectivity index (χ3n) is 5.84. The molecule has 1 aromatic heterocycles. The van der Waals surface area contributed by atoms with Gasteiger partial charge in [0.1, 0.15) is 11.5 Å². The van der Waals surface area contributed by atoms with Gasteiger partial charge in [-0.1, -0.05) is 6.07 Å².